The van der Waals surface area contributed by atoms with Gasteiger partial charge in [-0.1, -0.05) is 88.6 Å². The quantitative estimate of drug-likeness (QED) is 0.224. The van der Waals surface area contributed by atoms with Gasteiger partial charge in [-0.2, -0.15) is 0 Å². The number of hydrogen-bond donors (Lipinski definition) is 0. The first-order valence-corrected chi connectivity index (χ1v) is 9.79. The predicted octanol–water partition coefficient (Wildman–Crippen LogP) is 6.81. The Hall–Kier alpha value is -1.83. The Kier molecular flexibility index (Phi) is 12.3. The van der Waals surface area contributed by atoms with Crippen molar-refractivity contribution in [3.8, 4) is 0 Å². The molecule has 0 atom stereocenters. The fourth-order valence-electron chi connectivity index (χ4n) is 2.79. The Morgan fingerprint density at radius 1 is 0.920 bits per heavy atom. The van der Waals surface area contributed by atoms with Gasteiger partial charge in [0.2, 0.25) is 0 Å². The van der Waals surface area contributed by atoms with E-state index in [9.17, 15) is 4.79 Å². The second-order valence-corrected chi connectivity index (χ2v) is 6.55. The highest BCUT2D eigenvalue weighted by molar-refractivity contribution is 5.87. The zero-order valence-corrected chi connectivity index (χ0v) is 16.0. The lowest BCUT2D eigenvalue weighted by atomic mass is 10.1. The molecule has 0 aromatic heterocycles. The van der Waals surface area contributed by atoms with E-state index in [1.807, 2.05) is 12.1 Å². The Balaban J connectivity index is 2.17. The summed E-state index contributed by atoms with van der Waals surface area (Å²) in [6, 6.07) is 8.15. The number of carbonyl (C=O) groups excluding carboxylic acids is 1. The van der Waals surface area contributed by atoms with E-state index in [4.69, 9.17) is 0 Å². The van der Waals surface area contributed by atoms with Crippen molar-refractivity contribution in [1.29, 1.82) is 0 Å². The number of allylic oxidation sites excluding steroid dienone is 1. The highest BCUT2D eigenvalue weighted by Gasteiger charge is 1.94. The van der Waals surface area contributed by atoms with E-state index in [0.717, 1.165) is 12.0 Å². The monoisotopic (exact) mass is 342 g/mol. The number of ether oxygens (including phenoxy) is 1. The molecule has 0 bridgehead atoms. The zero-order chi connectivity index (χ0) is 18.2. The van der Waals surface area contributed by atoms with E-state index in [2.05, 4.69) is 35.9 Å². The van der Waals surface area contributed by atoms with Gasteiger partial charge >= 0.3 is 5.97 Å². The van der Waals surface area contributed by atoms with Crippen LogP contribution in [0.4, 0.5) is 0 Å². The van der Waals surface area contributed by atoms with Crippen LogP contribution in [-0.4, -0.2) is 13.1 Å². The van der Waals surface area contributed by atoms with Crippen molar-refractivity contribution in [2.45, 2.75) is 71.1 Å². The van der Waals surface area contributed by atoms with Crippen LogP contribution >= 0.6 is 0 Å². The molecule has 0 radical (unpaired) electrons. The van der Waals surface area contributed by atoms with Crippen molar-refractivity contribution >= 4 is 18.1 Å². The van der Waals surface area contributed by atoms with Crippen molar-refractivity contribution in [2.24, 2.45) is 0 Å². The fraction of sp³-hybridized carbons (Fsp3) is 0.522. The molecule has 0 fully saturated rings. The lowest BCUT2D eigenvalue weighted by molar-refractivity contribution is -0.134. The molecule has 0 aliphatic heterocycles. The minimum atomic E-state index is -0.327. The third-order valence-corrected chi connectivity index (χ3v) is 4.31. The highest BCUT2D eigenvalue weighted by atomic mass is 16.5. The Morgan fingerprint density at radius 3 is 2.16 bits per heavy atom. The van der Waals surface area contributed by atoms with Crippen molar-refractivity contribution in [2.75, 3.05) is 7.11 Å². The minimum Gasteiger partial charge on any atom is -0.466 e. The van der Waals surface area contributed by atoms with Gasteiger partial charge in [-0.3, -0.25) is 0 Å². The molecule has 2 nitrogen and oxygen atoms in total. The van der Waals surface area contributed by atoms with Crippen molar-refractivity contribution in [3.05, 3.63) is 47.5 Å². The molecule has 1 rings (SSSR count). The lowest BCUT2D eigenvalue weighted by Gasteiger charge is -2.01. The number of methoxy groups -OCH3 is 1. The number of esters is 1. The number of hydrogen-bond acceptors (Lipinski definition) is 2. The number of rotatable bonds is 13. The highest BCUT2D eigenvalue weighted by Crippen LogP contribution is 2.12. The predicted molar refractivity (Wildman–Crippen MR) is 108 cm³/mol. The van der Waals surface area contributed by atoms with E-state index in [0.29, 0.717) is 0 Å². The molecular weight excluding hydrogens is 308 g/mol. The first kappa shape index (κ1) is 21.2. The summed E-state index contributed by atoms with van der Waals surface area (Å²) in [5, 5.41) is 0. The van der Waals surface area contributed by atoms with E-state index >= 15 is 0 Å². The molecule has 2 heteroatoms. The van der Waals surface area contributed by atoms with Crippen LogP contribution in [-0.2, 0) is 9.53 Å². The van der Waals surface area contributed by atoms with Gasteiger partial charge in [0, 0.05) is 6.08 Å². The van der Waals surface area contributed by atoms with Crippen molar-refractivity contribution in [3.63, 3.8) is 0 Å². The standard InChI is InChI=1S/C23H34O2/c1-3-4-5-6-7-8-9-10-11-12-13-15-21-16-14-17-22(20-21)18-19-23(24)25-2/h13-20H,3-12H2,1-2H3/b15-13-,19-18?. The van der Waals surface area contributed by atoms with E-state index < -0.39 is 0 Å². The van der Waals surface area contributed by atoms with Crippen LogP contribution in [0.2, 0.25) is 0 Å². The molecule has 0 saturated heterocycles. The summed E-state index contributed by atoms with van der Waals surface area (Å²) in [5.41, 5.74) is 2.18. The molecule has 0 unspecified atom stereocenters. The molecule has 1 aromatic carbocycles. The maximum Gasteiger partial charge on any atom is 0.330 e. The third kappa shape index (κ3) is 11.4. The summed E-state index contributed by atoms with van der Waals surface area (Å²) in [5.74, 6) is -0.327. The number of carbonyl (C=O) groups is 1. The summed E-state index contributed by atoms with van der Waals surface area (Å²) in [4.78, 5) is 11.1. The van der Waals surface area contributed by atoms with Gasteiger partial charge in [0.15, 0.2) is 0 Å². The average Bonchev–Trinajstić information content (AvgIpc) is 2.64. The molecule has 1 aromatic rings. The molecule has 0 heterocycles. The van der Waals surface area contributed by atoms with Crippen LogP contribution in [0.5, 0.6) is 0 Å². The summed E-state index contributed by atoms with van der Waals surface area (Å²) in [6.45, 7) is 2.27. The van der Waals surface area contributed by atoms with Crippen molar-refractivity contribution < 1.29 is 9.53 Å². The third-order valence-electron chi connectivity index (χ3n) is 4.31. The van der Waals surface area contributed by atoms with E-state index in [1.165, 1.54) is 76.5 Å². The van der Waals surface area contributed by atoms with Crippen LogP contribution in [0.1, 0.15) is 82.3 Å². The van der Waals surface area contributed by atoms with Gasteiger partial charge in [-0.25, -0.2) is 4.79 Å². The van der Waals surface area contributed by atoms with Crippen molar-refractivity contribution in [1.82, 2.24) is 0 Å². The summed E-state index contributed by atoms with van der Waals surface area (Å²) >= 11 is 0. The summed E-state index contributed by atoms with van der Waals surface area (Å²) in [6.07, 6.45) is 21.1. The molecule has 0 aliphatic carbocycles. The van der Waals surface area contributed by atoms with Gasteiger partial charge < -0.3 is 4.74 Å². The second kappa shape index (κ2) is 14.5. The molecule has 0 saturated carbocycles. The van der Waals surface area contributed by atoms with Crippen LogP contribution in [0.3, 0.4) is 0 Å². The van der Waals surface area contributed by atoms with Gasteiger partial charge in [-0.15, -0.1) is 0 Å². The first-order valence-electron chi connectivity index (χ1n) is 9.79. The Bertz CT molecular complexity index is 529. The van der Waals surface area contributed by atoms with Gasteiger partial charge in [0.25, 0.3) is 0 Å². The topological polar surface area (TPSA) is 26.3 Å². The molecule has 0 N–H and O–H groups in total. The van der Waals surface area contributed by atoms with Gasteiger partial charge in [0.1, 0.15) is 0 Å². The maximum atomic E-state index is 11.1. The minimum absolute atomic E-state index is 0.327. The zero-order valence-electron chi connectivity index (χ0n) is 16.0. The van der Waals surface area contributed by atoms with Crippen LogP contribution in [0.25, 0.3) is 12.2 Å². The molecule has 0 amide bonds. The summed E-state index contributed by atoms with van der Waals surface area (Å²) < 4.78 is 4.61. The van der Waals surface area contributed by atoms with Crippen LogP contribution in [0, 0.1) is 0 Å². The van der Waals surface area contributed by atoms with E-state index in [1.54, 1.807) is 6.08 Å². The Morgan fingerprint density at radius 2 is 1.52 bits per heavy atom. The van der Waals surface area contributed by atoms with Gasteiger partial charge in [0.05, 0.1) is 7.11 Å². The van der Waals surface area contributed by atoms with Crippen LogP contribution < -0.4 is 0 Å². The normalized spacial score (nSPS) is 11.4. The second-order valence-electron chi connectivity index (χ2n) is 6.55. The fourth-order valence-corrected chi connectivity index (χ4v) is 2.79. The molecule has 138 valence electrons. The summed E-state index contributed by atoms with van der Waals surface area (Å²) in [7, 11) is 1.39. The molecular formula is C23H34O2. The molecule has 25 heavy (non-hydrogen) atoms. The number of unbranched alkanes of at least 4 members (excludes halogenated alkanes) is 9. The first-order chi connectivity index (χ1) is 12.3. The maximum absolute atomic E-state index is 11.1. The average molecular weight is 343 g/mol. The lowest BCUT2D eigenvalue weighted by Crippen LogP contribution is -1.93. The SMILES string of the molecule is CCCCCCCCCCC/C=C\c1cccc(C=CC(=O)OC)c1. The number of benzene rings is 1. The van der Waals surface area contributed by atoms with E-state index in [-0.39, 0.29) is 5.97 Å². The van der Waals surface area contributed by atoms with Gasteiger partial charge in [-0.05, 0) is 36.1 Å². The Labute approximate surface area is 154 Å². The van der Waals surface area contributed by atoms with Crippen LogP contribution in [0.15, 0.2) is 36.4 Å². The largest absolute Gasteiger partial charge is 0.466 e. The smallest absolute Gasteiger partial charge is 0.330 e. The molecule has 0 spiro atoms. The molecule has 0 aliphatic rings.